The van der Waals surface area contributed by atoms with Crippen LogP contribution in [0.1, 0.15) is 201 Å². The average molecular weight is 727 g/mol. The van der Waals surface area contributed by atoms with E-state index < -0.39 is 6.10 Å². The van der Waals surface area contributed by atoms with Crippen molar-refractivity contribution in [3.05, 3.63) is 60.8 Å². The van der Waals surface area contributed by atoms with Gasteiger partial charge in [-0.25, -0.2) is 0 Å². The molecule has 0 aliphatic rings. The summed E-state index contributed by atoms with van der Waals surface area (Å²) in [5, 5.41) is 0. The molecule has 0 N–H and O–H groups in total. The summed E-state index contributed by atoms with van der Waals surface area (Å²) in [6.45, 7) is 7.58. The first-order chi connectivity index (χ1) is 25.6. The van der Waals surface area contributed by atoms with E-state index in [0.717, 1.165) is 51.4 Å². The van der Waals surface area contributed by atoms with Crippen LogP contribution < -0.4 is 0 Å². The summed E-state index contributed by atoms with van der Waals surface area (Å²) in [4.78, 5) is 25.1. The largest absolute Gasteiger partial charge is 0.462 e. The molecule has 0 spiro atoms. The monoisotopic (exact) mass is 727 g/mol. The van der Waals surface area contributed by atoms with E-state index in [-0.39, 0.29) is 25.2 Å². The number of esters is 2. The Morgan fingerprint density at radius 3 is 1.52 bits per heavy atom. The van der Waals surface area contributed by atoms with Crippen molar-refractivity contribution in [3.63, 3.8) is 0 Å². The van der Waals surface area contributed by atoms with Crippen molar-refractivity contribution in [2.75, 3.05) is 19.8 Å². The molecule has 300 valence electrons. The van der Waals surface area contributed by atoms with Crippen molar-refractivity contribution in [1.29, 1.82) is 0 Å². The second-order valence-corrected chi connectivity index (χ2v) is 14.2. The zero-order valence-electron chi connectivity index (χ0n) is 34.3. The molecular weight excluding hydrogens is 645 g/mol. The maximum Gasteiger partial charge on any atom is 0.306 e. The Bertz CT molecular complexity index is 915. The summed E-state index contributed by atoms with van der Waals surface area (Å²) in [6, 6.07) is 0. The van der Waals surface area contributed by atoms with Crippen LogP contribution in [-0.4, -0.2) is 37.9 Å². The molecule has 0 saturated heterocycles. The van der Waals surface area contributed by atoms with Crippen molar-refractivity contribution in [1.82, 2.24) is 0 Å². The standard InChI is InChI=1S/C47H82O5/c1-4-7-10-13-16-19-22-24-26-28-31-34-37-40-46(48)51-44-45(43-50-42-39-36-33-30-27-23-20-17-14-11-8-5-2)52-47(49)41-38-35-32-29-25-21-18-15-12-9-6-3/h7,10,14,16-17,19,24,26,31,34,45H,4-6,8-9,11-13,15,18,20-23,25,27-30,32-33,35-44H2,1-3H3/b10-7-,17-14-,19-16-,26-24-,34-31-. The Hall–Kier alpha value is -2.40. The fraction of sp³-hybridized carbons (Fsp3) is 0.745. The van der Waals surface area contributed by atoms with Gasteiger partial charge in [0.2, 0.25) is 0 Å². The first-order valence-corrected chi connectivity index (χ1v) is 21.8. The number of carbonyl (C=O) groups is 2. The first-order valence-electron chi connectivity index (χ1n) is 21.8. The lowest BCUT2D eigenvalue weighted by Crippen LogP contribution is -2.30. The molecule has 0 aromatic rings. The van der Waals surface area contributed by atoms with E-state index in [4.69, 9.17) is 14.2 Å². The van der Waals surface area contributed by atoms with Crippen LogP contribution in [0.3, 0.4) is 0 Å². The van der Waals surface area contributed by atoms with Gasteiger partial charge >= 0.3 is 11.9 Å². The Labute approximate surface area is 322 Å². The van der Waals surface area contributed by atoms with Crippen LogP contribution in [0.2, 0.25) is 0 Å². The predicted octanol–water partition coefficient (Wildman–Crippen LogP) is 14.2. The predicted molar refractivity (Wildman–Crippen MR) is 224 cm³/mol. The van der Waals surface area contributed by atoms with Gasteiger partial charge in [0.1, 0.15) is 6.61 Å². The fourth-order valence-corrected chi connectivity index (χ4v) is 5.80. The van der Waals surface area contributed by atoms with Gasteiger partial charge in [-0.2, -0.15) is 0 Å². The number of rotatable bonds is 39. The lowest BCUT2D eigenvalue weighted by molar-refractivity contribution is -0.162. The number of allylic oxidation sites excluding steroid dienone is 10. The molecule has 0 bridgehead atoms. The summed E-state index contributed by atoms with van der Waals surface area (Å²) in [5.41, 5.74) is 0. The smallest absolute Gasteiger partial charge is 0.306 e. The van der Waals surface area contributed by atoms with Gasteiger partial charge in [-0.05, 0) is 64.2 Å². The van der Waals surface area contributed by atoms with Crippen LogP contribution in [0, 0.1) is 0 Å². The van der Waals surface area contributed by atoms with Gasteiger partial charge < -0.3 is 14.2 Å². The van der Waals surface area contributed by atoms with E-state index in [0.29, 0.717) is 25.9 Å². The Balaban J connectivity index is 4.36. The van der Waals surface area contributed by atoms with E-state index in [1.54, 1.807) is 0 Å². The van der Waals surface area contributed by atoms with Crippen LogP contribution in [0.25, 0.3) is 0 Å². The van der Waals surface area contributed by atoms with Crippen LogP contribution in [0.5, 0.6) is 0 Å². The van der Waals surface area contributed by atoms with Crippen molar-refractivity contribution in [2.45, 2.75) is 207 Å². The lowest BCUT2D eigenvalue weighted by Gasteiger charge is -2.18. The summed E-state index contributed by atoms with van der Waals surface area (Å²) in [7, 11) is 0. The molecule has 0 aromatic heterocycles. The Morgan fingerprint density at radius 1 is 0.442 bits per heavy atom. The average Bonchev–Trinajstić information content (AvgIpc) is 3.14. The molecule has 1 atom stereocenters. The second-order valence-electron chi connectivity index (χ2n) is 14.2. The van der Waals surface area contributed by atoms with E-state index >= 15 is 0 Å². The molecule has 0 aromatic carbocycles. The molecule has 1 unspecified atom stereocenters. The zero-order valence-corrected chi connectivity index (χ0v) is 34.3. The van der Waals surface area contributed by atoms with Crippen LogP contribution in [0.15, 0.2) is 60.8 Å². The van der Waals surface area contributed by atoms with Gasteiger partial charge in [0, 0.05) is 19.4 Å². The van der Waals surface area contributed by atoms with Crippen molar-refractivity contribution < 1.29 is 23.8 Å². The van der Waals surface area contributed by atoms with Crippen LogP contribution >= 0.6 is 0 Å². The molecule has 52 heavy (non-hydrogen) atoms. The van der Waals surface area contributed by atoms with Gasteiger partial charge in [0.05, 0.1) is 6.61 Å². The van der Waals surface area contributed by atoms with Crippen molar-refractivity contribution >= 4 is 11.9 Å². The third-order valence-electron chi connectivity index (χ3n) is 9.05. The molecule has 0 aliphatic heterocycles. The molecule has 0 radical (unpaired) electrons. The lowest BCUT2D eigenvalue weighted by atomic mass is 10.1. The number of hydrogen-bond donors (Lipinski definition) is 0. The maximum atomic E-state index is 12.7. The Morgan fingerprint density at radius 2 is 0.923 bits per heavy atom. The third-order valence-corrected chi connectivity index (χ3v) is 9.05. The van der Waals surface area contributed by atoms with Crippen LogP contribution in [0.4, 0.5) is 0 Å². The molecular formula is C47H82O5. The number of hydrogen-bond acceptors (Lipinski definition) is 5. The van der Waals surface area contributed by atoms with E-state index in [9.17, 15) is 9.59 Å². The highest BCUT2D eigenvalue weighted by atomic mass is 16.6. The molecule has 0 amide bonds. The summed E-state index contributed by atoms with van der Waals surface area (Å²) in [5.74, 6) is -0.495. The second kappa shape index (κ2) is 43.0. The zero-order chi connectivity index (χ0) is 37.8. The third kappa shape index (κ3) is 40.4. The molecule has 0 saturated carbocycles. The molecule has 0 heterocycles. The molecule has 5 heteroatoms. The number of carbonyl (C=O) groups excluding carboxylic acids is 2. The van der Waals surface area contributed by atoms with Gasteiger partial charge in [-0.1, -0.05) is 184 Å². The maximum absolute atomic E-state index is 12.7. The highest BCUT2D eigenvalue weighted by Crippen LogP contribution is 2.13. The van der Waals surface area contributed by atoms with Crippen molar-refractivity contribution in [2.24, 2.45) is 0 Å². The van der Waals surface area contributed by atoms with E-state index in [2.05, 4.69) is 75.5 Å². The van der Waals surface area contributed by atoms with Gasteiger partial charge in [0.15, 0.2) is 6.10 Å². The minimum absolute atomic E-state index is 0.0456. The van der Waals surface area contributed by atoms with Gasteiger partial charge in [0.25, 0.3) is 0 Å². The highest BCUT2D eigenvalue weighted by molar-refractivity contribution is 5.70. The minimum atomic E-state index is -0.563. The fourth-order valence-electron chi connectivity index (χ4n) is 5.80. The summed E-state index contributed by atoms with van der Waals surface area (Å²) < 4.78 is 17.2. The molecule has 5 nitrogen and oxygen atoms in total. The highest BCUT2D eigenvalue weighted by Gasteiger charge is 2.17. The van der Waals surface area contributed by atoms with Crippen molar-refractivity contribution in [3.8, 4) is 0 Å². The minimum Gasteiger partial charge on any atom is -0.462 e. The van der Waals surface area contributed by atoms with Gasteiger partial charge in [-0.3, -0.25) is 9.59 Å². The number of ether oxygens (including phenoxy) is 3. The normalized spacial score (nSPS) is 12.8. The summed E-state index contributed by atoms with van der Waals surface area (Å²) in [6.07, 6.45) is 52.3. The van der Waals surface area contributed by atoms with Crippen LogP contribution in [-0.2, 0) is 23.8 Å². The Kier molecular flexibility index (Phi) is 41.0. The van der Waals surface area contributed by atoms with E-state index in [1.807, 2.05) is 6.08 Å². The molecule has 0 aliphatic carbocycles. The quantitative estimate of drug-likeness (QED) is 0.0358. The first kappa shape index (κ1) is 49.6. The summed E-state index contributed by atoms with van der Waals surface area (Å²) >= 11 is 0. The molecule has 0 fully saturated rings. The molecule has 0 rings (SSSR count). The van der Waals surface area contributed by atoms with E-state index in [1.165, 1.54) is 109 Å². The van der Waals surface area contributed by atoms with Gasteiger partial charge in [-0.15, -0.1) is 0 Å². The SMILES string of the molecule is CC/C=C\C/C=C\C/C=C\C/C=C\CCC(=O)OCC(COCCCCCCCC/C=C\CCCC)OC(=O)CCCCCCCCCCCCC. The number of unbranched alkanes of at least 4 members (excludes halogenated alkanes) is 18. The topological polar surface area (TPSA) is 61.8 Å².